The zero-order chi connectivity index (χ0) is 6.69. The van der Waals surface area contributed by atoms with Crippen LogP contribution in [0.4, 0.5) is 0 Å². The van der Waals surface area contributed by atoms with Gasteiger partial charge in [0.25, 0.3) is 0 Å². The van der Waals surface area contributed by atoms with Crippen LogP contribution in [-0.2, 0) is 9.53 Å². The Hall–Kier alpha value is -1.06. The van der Waals surface area contributed by atoms with Crippen LogP contribution >= 0.6 is 0 Å². The van der Waals surface area contributed by atoms with E-state index in [2.05, 4.69) is 10.5 Å². The Bertz CT molecular complexity index is 136. The molecule has 0 bridgehead atoms. The molecule has 1 unspecified atom stereocenters. The van der Waals surface area contributed by atoms with E-state index < -0.39 is 0 Å². The highest BCUT2D eigenvalue weighted by Gasteiger charge is 2.12. The summed E-state index contributed by atoms with van der Waals surface area (Å²) in [5, 5.41) is 3.57. The van der Waals surface area contributed by atoms with Gasteiger partial charge < -0.3 is 4.74 Å². The lowest BCUT2D eigenvalue weighted by Gasteiger charge is -2.04. The lowest BCUT2D eigenvalue weighted by molar-refractivity contribution is -0.118. The van der Waals surface area contributed by atoms with Gasteiger partial charge in [-0.1, -0.05) is 0 Å². The van der Waals surface area contributed by atoms with Crippen LogP contribution in [0.25, 0.3) is 0 Å². The van der Waals surface area contributed by atoms with E-state index >= 15 is 0 Å². The van der Waals surface area contributed by atoms with Gasteiger partial charge in [-0.2, -0.15) is 0 Å². The molecule has 0 saturated heterocycles. The molecule has 0 saturated carbocycles. The minimum Gasteiger partial charge on any atom is -0.457 e. The maximum absolute atomic E-state index is 10.4. The molecule has 0 aromatic rings. The second kappa shape index (κ2) is 2.48. The predicted molar refractivity (Wildman–Crippen MR) is 31.8 cm³/mol. The molecular weight excluding hydrogens is 120 g/mol. The third-order valence-electron chi connectivity index (χ3n) is 0.969. The van der Waals surface area contributed by atoms with Crippen LogP contribution in [-0.4, -0.2) is 18.4 Å². The van der Waals surface area contributed by atoms with Crippen LogP contribution in [0.5, 0.6) is 0 Å². The van der Waals surface area contributed by atoms with E-state index in [-0.39, 0.29) is 12.0 Å². The first kappa shape index (κ1) is 6.07. The third kappa shape index (κ3) is 1.71. The Morgan fingerprint density at radius 2 is 2.78 bits per heavy atom. The third-order valence-corrected chi connectivity index (χ3v) is 0.969. The standard InChI is InChI=1S/C5H8N2O2/c1-4(8)2-5-7-6-3-9-5/h3,5,7H,2H2,1H3. The number of hydrogen-bond donors (Lipinski definition) is 1. The fourth-order valence-electron chi connectivity index (χ4n) is 0.603. The van der Waals surface area contributed by atoms with Crippen molar-refractivity contribution in [2.45, 2.75) is 19.6 Å². The lowest BCUT2D eigenvalue weighted by Crippen LogP contribution is -2.23. The second-order valence-corrected chi connectivity index (χ2v) is 1.89. The number of hydrogen-bond acceptors (Lipinski definition) is 4. The van der Waals surface area contributed by atoms with Crippen molar-refractivity contribution in [3.63, 3.8) is 0 Å². The van der Waals surface area contributed by atoms with Gasteiger partial charge in [0.2, 0.25) is 0 Å². The number of Topliss-reactive ketones (excluding diaryl/α,β-unsaturated/α-hetero) is 1. The summed E-state index contributed by atoms with van der Waals surface area (Å²) in [4.78, 5) is 10.4. The lowest BCUT2D eigenvalue weighted by atomic mass is 10.3. The van der Waals surface area contributed by atoms with E-state index in [0.29, 0.717) is 6.42 Å². The molecule has 0 aromatic heterocycles. The number of ketones is 1. The highest BCUT2D eigenvalue weighted by molar-refractivity contribution is 5.76. The van der Waals surface area contributed by atoms with Gasteiger partial charge in [-0.05, 0) is 6.92 Å². The summed E-state index contributed by atoms with van der Waals surface area (Å²) < 4.78 is 4.84. The number of nitrogens with zero attached hydrogens (tertiary/aromatic N) is 1. The average Bonchev–Trinajstić information content (AvgIpc) is 2.15. The predicted octanol–water partition coefficient (Wildman–Crippen LogP) is -0.145. The van der Waals surface area contributed by atoms with Crippen molar-refractivity contribution >= 4 is 12.2 Å². The summed E-state index contributed by atoms with van der Waals surface area (Å²) in [5.74, 6) is 0.0954. The normalized spacial score (nSPS) is 23.0. The molecule has 1 atom stereocenters. The first-order chi connectivity index (χ1) is 4.29. The van der Waals surface area contributed by atoms with E-state index in [1.165, 1.54) is 13.3 Å². The minimum atomic E-state index is -0.234. The molecule has 50 valence electrons. The van der Waals surface area contributed by atoms with Crippen LogP contribution in [0.1, 0.15) is 13.3 Å². The van der Waals surface area contributed by atoms with Crippen LogP contribution in [0.2, 0.25) is 0 Å². The van der Waals surface area contributed by atoms with Gasteiger partial charge in [-0.15, -0.1) is 5.10 Å². The van der Waals surface area contributed by atoms with Gasteiger partial charge in [0.05, 0.1) is 6.42 Å². The minimum absolute atomic E-state index is 0.0954. The van der Waals surface area contributed by atoms with Crippen molar-refractivity contribution in [3.8, 4) is 0 Å². The smallest absolute Gasteiger partial charge is 0.195 e. The summed E-state index contributed by atoms with van der Waals surface area (Å²) >= 11 is 0. The Morgan fingerprint density at radius 3 is 3.22 bits per heavy atom. The maximum Gasteiger partial charge on any atom is 0.195 e. The molecular formula is C5H8N2O2. The van der Waals surface area contributed by atoms with Gasteiger partial charge in [0, 0.05) is 0 Å². The Kier molecular flexibility index (Phi) is 1.67. The van der Waals surface area contributed by atoms with Crippen molar-refractivity contribution in [3.05, 3.63) is 0 Å². The molecule has 1 rings (SSSR count). The fourth-order valence-corrected chi connectivity index (χ4v) is 0.603. The van der Waals surface area contributed by atoms with Crippen molar-refractivity contribution in [2.24, 2.45) is 5.10 Å². The molecule has 9 heavy (non-hydrogen) atoms. The molecule has 1 heterocycles. The number of nitrogens with one attached hydrogen (secondary N) is 1. The zero-order valence-electron chi connectivity index (χ0n) is 5.13. The molecule has 1 N–H and O–H groups in total. The van der Waals surface area contributed by atoms with Gasteiger partial charge in [0.15, 0.2) is 12.6 Å². The summed E-state index contributed by atoms with van der Waals surface area (Å²) in [6, 6.07) is 0. The number of hydrazone groups is 1. The van der Waals surface area contributed by atoms with E-state index in [1.54, 1.807) is 0 Å². The summed E-state index contributed by atoms with van der Waals surface area (Å²) in [6.45, 7) is 1.52. The monoisotopic (exact) mass is 128 g/mol. The van der Waals surface area contributed by atoms with Crippen molar-refractivity contribution in [1.82, 2.24) is 5.43 Å². The van der Waals surface area contributed by atoms with Crippen molar-refractivity contribution in [1.29, 1.82) is 0 Å². The molecule has 1 aliphatic rings. The topological polar surface area (TPSA) is 50.7 Å². The van der Waals surface area contributed by atoms with Crippen molar-refractivity contribution < 1.29 is 9.53 Å². The SMILES string of the molecule is CC(=O)CC1NN=CO1. The molecule has 4 nitrogen and oxygen atoms in total. The number of carbonyl (C=O) groups is 1. The van der Waals surface area contributed by atoms with Gasteiger partial charge >= 0.3 is 0 Å². The fraction of sp³-hybridized carbons (Fsp3) is 0.600. The van der Waals surface area contributed by atoms with Crippen LogP contribution in [0.15, 0.2) is 5.10 Å². The van der Waals surface area contributed by atoms with Crippen molar-refractivity contribution in [2.75, 3.05) is 0 Å². The molecule has 0 aliphatic carbocycles. The van der Waals surface area contributed by atoms with E-state index in [9.17, 15) is 4.79 Å². The first-order valence-corrected chi connectivity index (χ1v) is 2.71. The molecule has 4 heteroatoms. The molecule has 0 fully saturated rings. The number of rotatable bonds is 2. The number of carbonyl (C=O) groups excluding carboxylic acids is 1. The van der Waals surface area contributed by atoms with Gasteiger partial charge in [-0.25, -0.2) is 0 Å². The average molecular weight is 128 g/mol. The molecule has 0 radical (unpaired) electrons. The van der Waals surface area contributed by atoms with Crippen LogP contribution < -0.4 is 5.43 Å². The summed E-state index contributed by atoms with van der Waals surface area (Å²) in [7, 11) is 0. The van der Waals surface area contributed by atoms with Gasteiger partial charge in [-0.3, -0.25) is 10.2 Å². The van der Waals surface area contributed by atoms with E-state index in [1.807, 2.05) is 0 Å². The highest BCUT2D eigenvalue weighted by Crippen LogP contribution is 1.97. The van der Waals surface area contributed by atoms with E-state index in [4.69, 9.17) is 4.74 Å². The quantitative estimate of drug-likeness (QED) is 0.562. The van der Waals surface area contributed by atoms with Crippen LogP contribution in [0, 0.1) is 0 Å². The zero-order valence-corrected chi connectivity index (χ0v) is 5.13. The highest BCUT2D eigenvalue weighted by atomic mass is 16.5. The number of ether oxygens (including phenoxy) is 1. The molecule has 0 aromatic carbocycles. The van der Waals surface area contributed by atoms with E-state index in [0.717, 1.165) is 0 Å². The Balaban J connectivity index is 2.22. The van der Waals surface area contributed by atoms with Gasteiger partial charge in [0.1, 0.15) is 5.78 Å². The molecule has 0 spiro atoms. The largest absolute Gasteiger partial charge is 0.457 e. The molecule has 1 aliphatic heterocycles. The Labute approximate surface area is 52.9 Å². The molecule has 0 amide bonds. The second-order valence-electron chi connectivity index (χ2n) is 1.89. The first-order valence-electron chi connectivity index (χ1n) is 2.71. The summed E-state index contributed by atoms with van der Waals surface area (Å²) in [6.07, 6.45) is 1.44. The van der Waals surface area contributed by atoms with Crippen LogP contribution in [0.3, 0.4) is 0 Å². The maximum atomic E-state index is 10.4. The summed E-state index contributed by atoms with van der Waals surface area (Å²) in [5.41, 5.74) is 2.61. The Morgan fingerprint density at radius 1 is 2.00 bits per heavy atom.